The Kier molecular flexibility index (Phi) is 6.06. The maximum absolute atomic E-state index is 14.0. The van der Waals surface area contributed by atoms with E-state index in [4.69, 9.17) is 0 Å². The van der Waals surface area contributed by atoms with E-state index in [9.17, 15) is 22.4 Å². The molecule has 0 aromatic heterocycles. The van der Waals surface area contributed by atoms with Gasteiger partial charge >= 0.3 is 0 Å². The van der Waals surface area contributed by atoms with E-state index in [1.807, 2.05) is 6.07 Å². The van der Waals surface area contributed by atoms with Gasteiger partial charge in [-0.15, -0.1) is 0 Å². The van der Waals surface area contributed by atoms with Crippen LogP contribution in [-0.2, 0) is 19.6 Å². The summed E-state index contributed by atoms with van der Waals surface area (Å²) in [6.07, 6.45) is 2.06. The predicted octanol–water partition coefficient (Wildman–Crippen LogP) is 2.99. The van der Waals surface area contributed by atoms with Gasteiger partial charge in [0.1, 0.15) is 10.7 Å². The number of carbonyl (C=O) groups excluding carboxylic acids is 2. The molecule has 2 aliphatic rings. The molecule has 0 bridgehead atoms. The molecule has 0 saturated carbocycles. The second-order valence-corrected chi connectivity index (χ2v) is 9.70. The molecule has 2 fully saturated rings. The molecule has 9 heteroatoms. The second-order valence-electron chi connectivity index (χ2n) is 7.80. The van der Waals surface area contributed by atoms with Gasteiger partial charge < -0.3 is 10.2 Å². The van der Waals surface area contributed by atoms with Gasteiger partial charge in [0.05, 0.1) is 0 Å². The van der Waals surface area contributed by atoms with Crippen LogP contribution in [0.25, 0.3) is 0 Å². The zero-order chi connectivity index (χ0) is 22.0. The van der Waals surface area contributed by atoms with Gasteiger partial charge in [-0.05, 0) is 49.6 Å². The van der Waals surface area contributed by atoms with Crippen molar-refractivity contribution in [2.75, 3.05) is 29.9 Å². The highest BCUT2D eigenvalue weighted by atomic mass is 32.2. The number of nitrogens with one attached hydrogen (secondary N) is 1. The summed E-state index contributed by atoms with van der Waals surface area (Å²) in [6, 6.07) is 12.5. The van der Waals surface area contributed by atoms with Crippen molar-refractivity contribution in [2.45, 2.75) is 30.6 Å². The van der Waals surface area contributed by atoms with Crippen LogP contribution in [0.5, 0.6) is 0 Å². The fraction of sp³-hybridized carbons (Fsp3) is 0.364. The van der Waals surface area contributed by atoms with E-state index in [-0.39, 0.29) is 35.7 Å². The molecule has 0 aliphatic carbocycles. The Morgan fingerprint density at radius 2 is 1.77 bits per heavy atom. The fourth-order valence-electron chi connectivity index (χ4n) is 4.07. The highest BCUT2D eigenvalue weighted by Gasteiger charge is 2.33. The number of amides is 2. The average Bonchev–Trinajstić information content (AvgIpc) is 3.20. The van der Waals surface area contributed by atoms with Crippen molar-refractivity contribution in [3.8, 4) is 0 Å². The minimum atomic E-state index is -3.93. The molecule has 1 N–H and O–H groups in total. The molecule has 2 amide bonds. The maximum Gasteiger partial charge on any atom is 0.245 e. The third-order valence-electron chi connectivity index (χ3n) is 5.78. The minimum absolute atomic E-state index is 0.0758. The number of piperidine rings is 1. The van der Waals surface area contributed by atoms with E-state index in [0.29, 0.717) is 31.5 Å². The molecule has 0 radical (unpaired) electrons. The molecule has 0 atom stereocenters. The SMILES string of the molecule is O=C(Nc1cccc(N2CCCC2=O)c1)C1CCN(S(=O)(=O)c2ccccc2F)CC1. The van der Waals surface area contributed by atoms with Crippen LogP contribution in [-0.4, -0.2) is 44.2 Å². The minimum Gasteiger partial charge on any atom is -0.326 e. The lowest BCUT2D eigenvalue weighted by Gasteiger charge is -2.30. The number of anilines is 2. The first kappa shape index (κ1) is 21.5. The molecule has 0 unspecified atom stereocenters. The van der Waals surface area contributed by atoms with Crippen LogP contribution in [0.1, 0.15) is 25.7 Å². The maximum atomic E-state index is 14.0. The number of halogens is 1. The van der Waals surface area contributed by atoms with Gasteiger partial charge in [0.25, 0.3) is 0 Å². The summed E-state index contributed by atoms with van der Waals surface area (Å²) in [5.41, 5.74) is 1.36. The van der Waals surface area contributed by atoms with Gasteiger partial charge in [-0.1, -0.05) is 18.2 Å². The Labute approximate surface area is 180 Å². The van der Waals surface area contributed by atoms with Gasteiger partial charge in [-0.2, -0.15) is 4.31 Å². The highest BCUT2D eigenvalue weighted by Crippen LogP contribution is 2.28. The summed E-state index contributed by atoms with van der Waals surface area (Å²) < 4.78 is 40.6. The summed E-state index contributed by atoms with van der Waals surface area (Å²) in [7, 11) is -3.93. The summed E-state index contributed by atoms with van der Waals surface area (Å²) in [5, 5.41) is 2.88. The Balaban J connectivity index is 1.38. The van der Waals surface area contributed by atoms with Crippen LogP contribution in [0.3, 0.4) is 0 Å². The van der Waals surface area contributed by atoms with Crippen molar-refractivity contribution >= 4 is 33.2 Å². The van der Waals surface area contributed by atoms with E-state index in [1.165, 1.54) is 22.5 Å². The van der Waals surface area contributed by atoms with Crippen molar-refractivity contribution < 1.29 is 22.4 Å². The van der Waals surface area contributed by atoms with E-state index < -0.39 is 15.8 Å². The topological polar surface area (TPSA) is 86.8 Å². The third-order valence-corrected chi connectivity index (χ3v) is 7.71. The molecular weight excluding hydrogens is 421 g/mol. The summed E-state index contributed by atoms with van der Waals surface area (Å²) in [5.74, 6) is -1.23. The Morgan fingerprint density at radius 3 is 2.45 bits per heavy atom. The Hall–Kier alpha value is -2.78. The van der Waals surface area contributed by atoms with Crippen LogP contribution < -0.4 is 10.2 Å². The number of sulfonamides is 1. The Morgan fingerprint density at radius 1 is 1.03 bits per heavy atom. The molecule has 2 saturated heterocycles. The number of hydrogen-bond acceptors (Lipinski definition) is 4. The van der Waals surface area contributed by atoms with Gasteiger partial charge in [0, 0.05) is 43.3 Å². The molecule has 4 rings (SSSR count). The van der Waals surface area contributed by atoms with Crippen LogP contribution in [0.15, 0.2) is 53.4 Å². The van der Waals surface area contributed by atoms with E-state index in [0.717, 1.165) is 18.2 Å². The van der Waals surface area contributed by atoms with Gasteiger partial charge in [0.2, 0.25) is 21.8 Å². The molecule has 2 heterocycles. The van der Waals surface area contributed by atoms with Crippen LogP contribution in [0.4, 0.5) is 15.8 Å². The van der Waals surface area contributed by atoms with Gasteiger partial charge in [-0.25, -0.2) is 12.8 Å². The van der Waals surface area contributed by atoms with Crippen molar-refractivity contribution in [3.63, 3.8) is 0 Å². The smallest absolute Gasteiger partial charge is 0.245 e. The Bertz CT molecular complexity index is 1100. The van der Waals surface area contributed by atoms with E-state index in [1.54, 1.807) is 23.1 Å². The average molecular weight is 446 g/mol. The van der Waals surface area contributed by atoms with Gasteiger partial charge in [-0.3, -0.25) is 9.59 Å². The fourth-order valence-corrected chi connectivity index (χ4v) is 5.60. The normalized spacial score (nSPS) is 18.4. The van der Waals surface area contributed by atoms with Crippen LogP contribution in [0, 0.1) is 11.7 Å². The number of rotatable bonds is 5. The van der Waals surface area contributed by atoms with Crippen molar-refractivity contribution in [3.05, 3.63) is 54.3 Å². The van der Waals surface area contributed by atoms with Crippen molar-refractivity contribution in [1.82, 2.24) is 4.31 Å². The van der Waals surface area contributed by atoms with E-state index >= 15 is 0 Å². The second kappa shape index (κ2) is 8.76. The number of carbonyl (C=O) groups is 2. The molecule has 2 aliphatic heterocycles. The summed E-state index contributed by atoms with van der Waals surface area (Å²) in [4.78, 5) is 26.0. The zero-order valence-corrected chi connectivity index (χ0v) is 17.8. The summed E-state index contributed by atoms with van der Waals surface area (Å²) >= 11 is 0. The third kappa shape index (κ3) is 4.47. The van der Waals surface area contributed by atoms with Crippen LogP contribution in [0.2, 0.25) is 0 Å². The molecule has 164 valence electrons. The quantitative estimate of drug-likeness (QED) is 0.767. The molecule has 2 aromatic rings. The molecule has 2 aromatic carbocycles. The highest BCUT2D eigenvalue weighted by molar-refractivity contribution is 7.89. The van der Waals surface area contributed by atoms with Crippen LogP contribution >= 0.6 is 0 Å². The first-order valence-corrected chi connectivity index (χ1v) is 11.8. The lowest BCUT2D eigenvalue weighted by molar-refractivity contribution is -0.121. The molecule has 7 nitrogen and oxygen atoms in total. The molecular formula is C22H24FN3O4S. The largest absolute Gasteiger partial charge is 0.326 e. The zero-order valence-electron chi connectivity index (χ0n) is 17.0. The van der Waals surface area contributed by atoms with E-state index in [2.05, 4.69) is 5.32 Å². The number of nitrogens with zero attached hydrogens (tertiary/aromatic N) is 2. The molecule has 0 spiro atoms. The lowest BCUT2D eigenvalue weighted by Crippen LogP contribution is -2.41. The van der Waals surface area contributed by atoms with Gasteiger partial charge in [0.15, 0.2) is 0 Å². The lowest BCUT2D eigenvalue weighted by atomic mass is 9.97. The standard InChI is InChI=1S/C22H24FN3O4S/c23-19-7-1-2-8-20(19)31(29,30)25-13-10-16(11-14-25)22(28)24-17-5-3-6-18(15-17)26-12-4-9-21(26)27/h1-3,5-8,15-16H,4,9-14H2,(H,24,28). The monoisotopic (exact) mass is 445 g/mol. The number of benzene rings is 2. The summed E-state index contributed by atoms with van der Waals surface area (Å²) in [6.45, 7) is 0.972. The number of hydrogen-bond donors (Lipinski definition) is 1. The predicted molar refractivity (Wildman–Crippen MR) is 115 cm³/mol. The molecule has 31 heavy (non-hydrogen) atoms. The first-order chi connectivity index (χ1) is 14.9. The van der Waals surface area contributed by atoms with Crippen molar-refractivity contribution in [1.29, 1.82) is 0 Å². The van der Waals surface area contributed by atoms with Crippen molar-refractivity contribution in [2.24, 2.45) is 5.92 Å². The first-order valence-electron chi connectivity index (χ1n) is 10.3.